The first kappa shape index (κ1) is 6.01. The van der Waals surface area contributed by atoms with Crippen LogP contribution in [-0.2, 0) is 4.79 Å². The van der Waals surface area contributed by atoms with Crippen LogP contribution in [0, 0.1) is 0 Å². The summed E-state index contributed by atoms with van der Waals surface area (Å²) in [4.78, 5) is 14.4. The van der Waals surface area contributed by atoms with Crippen LogP contribution in [-0.4, -0.2) is 18.7 Å². The number of rotatable bonds is 1. The Morgan fingerprint density at radius 3 is 2.78 bits per heavy atom. The van der Waals surface area contributed by atoms with Crippen LogP contribution >= 0.6 is 0 Å². The van der Waals surface area contributed by atoms with Gasteiger partial charge in [0, 0.05) is 11.8 Å². The molecule has 1 heterocycles. The molecule has 3 heteroatoms. The SMILES string of the molecule is CC1=C(C(N)=O)CN=C1. The number of nitrogens with zero attached hydrogens (tertiary/aromatic N) is 1. The summed E-state index contributed by atoms with van der Waals surface area (Å²) in [6.07, 6.45) is 1.67. The Labute approximate surface area is 53.3 Å². The number of primary amides is 1. The maximum absolute atomic E-state index is 10.5. The van der Waals surface area contributed by atoms with E-state index in [0.29, 0.717) is 12.1 Å². The van der Waals surface area contributed by atoms with Crippen LogP contribution in [0.5, 0.6) is 0 Å². The van der Waals surface area contributed by atoms with E-state index >= 15 is 0 Å². The number of aliphatic imine (C=N–C) groups is 1. The van der Waals surface area contributed by atoms with Gasteiger partial charge in [-0.05, 0) is 12.5 Å². The molecule has 0 radical (unpaired) electrons. The van der Waals surface area contributed by atoms with E-state index in [-0.39, 0.29) is 5.91 Å². The zero-order chi connectivity index (χ0) is 6.85. The highest BCUT2D eigenvalue weighted by Crippen LogP contribution is 2.07. The Hall–Kier alpha value is -1.12. The van der Waals surface area contributed by atoms with Gasteiger partial charge in [-0.1, -0.05) is 0 Å². The molecule has 0 fully saturated rings. The largest absolute Gasteiger partial charge is 0.366 e. The van der Waals surface area contributed by atoms with Crippen LogP contribution in [0.4, 0.5) is 0 Å². The average Bonchev–Trinajstić information content (AvgIpc) is 2.13. The Bertz CT molecular complexity index is 203. The van der Waals surface area contributed by atoms with Crippen molar-refractivity contribution >= 4 is 12.1 Å². The summed E-state index contributed by atoms with van der Waals surface area (Å²) in [5.41, 5.74) is 6.54. The second-order valence-electron chi connectivity index (χ2n) is 2.00. The van der Waals surface area contributed by atoms with Crippen LogP contribution in [0.1, 0.15) is 6.92 Å². The molecule has 48 valence electrons. The van der Waals surface area contributed by atoms with Gasteiger partial charge in [0.05, 0.1) is 6.54 Å². The lowest BCUT2D eigenvalue weighted by atomic mass is 10.2. The predicted octanol–water partition coefficient (Wildman–Crippen LogP) is -0.127. The summed E-state index contributed by atoms with van der Waals surface area (Å²) < 4.78 is 0. The van der Waals surface area contributed by atoms with Crippen molar-refractivity contribution in [3.63, 3.8) is 0 Å². The molecule has 0 unspecified atom stereocenters. The van der Waals surface area contributed by atoms with Gasteiger partial charge in [-0.2, -0.15) is 0 Å². The van der Waals surface area contributed by atoms with E-state index in [1.54, 1.807) is 6.21 Å². The van der Waals surface area contributed by atoms with E-state index in [4.69, 9.17) is 5.73 Å². The van der Waals surface area contributed by atoms with Crippen molar-refractivity contribution in [3.8, 4) is 0 Å². The molecule has 3 nitrogen and oxygen atoms in total. The zero-order valence-electron chi connectivity index (χ0n) is 5.22. The van der Waals surface area contributed by atoms with E-state index in [2.05, 4.69) is 4.99 Å². The first-order valence-electron chi connectivity index (χ1n) is 2.71. The Morgan fingerprint density at radius 2 is 2.56 bits per heavy atom. The monoisotopic (exact) mass is 124 g/mol. The first-order chi connectivity index (χ1) is 4.22. The molecule has 0 aromatic carbocycles. The summed E-state index contributed by atoms with van der Waals surface area (Å²) in [6.45, 7) is 2.29. The summed E-state index contributed by atoms with van der Waals surface area (Å²) in [6, 6.07) is 0. The molecular formula is C6H8N2O. The van der Waals surface area contributed by atoms with Crippen molar-refractivity contribution in [1.82, 2.24) is 0 Å². The summed E-state index contributed by atoms with van der Waals surface area (Å²) in [5, 5.41) is 0. The van der Waals surface area contributed by atoms with E-state index in [0.717, 1.165) is 5.57 Å². The lowest BCUT2D eigenvalue weighted by Gasteiger charge is -1.92. The topological polar surface area (TPSA) is 55.5 Å². The molecule has 9 heavy (non-hydrogen) atoms. The Balaban J connectivity index is 2.85. The van der Waals surface area contributed by atoms with E-state index in [9.17, 15) is 4.79 Å². The van der Waals surface area contributed by atoms with Gasteiger partial charge in [0.25, 0.3) is 0 Å². The van der Waals surface area contributed by atoms with Gasteiger partial charge in [-0.3, -0.25) is 9.79 Å². The van der Waals surface area contributed by atoms with Gasteiger partial charge in [0.2, 0.25) is 5.91 Å². The van der Waals surface area contributed by atoms with Crippen LogP contribution in [0.3, 0.4) is 0 Å². The molecule has 0 atom stereocenters. The van der Waals surface area contributed by atoms with Gasteiger partial charge in [0.15, 0.2) is 0 Å². The fourth-order valence-corrected chi connectivity index (χ4v) is 0.749. The quantitative estimate of drug-likeness (QED) is 0.520. The highest BCUT2D eigenvalue weighted by Gasteiger charge is 2.10. The smallest absolute Gasteiger partial charge is 0.246 e. The van der Waals surface area contributed by atoms with E-state index < -0.39 is 0 Å². The van der Waals surface area contributed by atoms with Gasteiger partial charge in [-0.25, -0.2) is 0 Å². The molecule has 1 aliphatic rings. The van der Waals surface area contributed by atoms with Gasteiger partial charge in [0.1, 0.15) is 0 Å². The van der Waals surface area contributed by atoms with Crippen molar-refractivity contribution in [2.45, 2.75) is 6.92 Å². The molecular weight excluding hydrogens is 116 g/mol. The van der Waals surface area contributed by atoms with E-state index in [1.807, 2.05) is 6.92 Å². The van der Waals surface area contributed by atoms with Crippen molar-refractivity contribution in [1.29, 1.82) is 0 Å². The minimum atomic E-state index is -0.356. The molecule has 2 N–H and O–H groups in total. The number of hydrogen-bond acceptors (Lipinski definition) is 2. The highest BCUT2D eigenvalue weighted by molar-refractivity contribution is 6.01. The molecule has 1 aliphatic heterocycles. The minimum Gasteiger partial charge on any atom is -0.366 e. The number of amides is 1. The molecule has 1 rings (SSSR count). The third-order valence-corrected chi connectivity index (χ3v) is 1.31. The number of allylic oxidation sites excluding steroid dienone is 1. The fourth-order valence-electron chi connectivity index (χ4n) is 0.749. The Kier molecular flexibility index (Phi) is 1.34. The van der Waals surface area contributed by atoms with Crippen molar-refractivity contribution in [2.75, 3.05) is 6.54 Å². The number of hydrogen-bond donors (Lipinski definition) is 1. The molecule has 0 bridgehead atoms. The van der Waals surface area contributed by atoms with E-state index in [1.165, 1.54) is 0 Å². The van der Waals surface area contributed by atoms with Gasteiger partial charge in [-0.15, -0.1) is 0 Å². The van der Waals surface area contributed by atoms with Gasteiger partial charge >= 0.3 is 0 Å². The molecule has 0 aliphatic carbocycles. The maximum Gasteiger partial charge on any atom is 0.246 e. The zero-order valence-corrected chi connectivity index (χ0v) is 5.22. The predicted molar refractivity (Wildman–Crippen MR) is 35.3 cm³/mol. The molecule has 0 aromatic heterocycles. The highest BCUT2D eigenvalue weighted by atomic mass is 16.1. The first-order valence-corrected chi connectivity index (χ1v) is 2.71. The van der Waals surface area contributed by atoms with Crippen LogP contribution in [0.2, 0.25) is 0 Å². The van der Waals surface area contributed by atoms with Crippen LogP contribution in [0.25, 0.3) is 0 Å². The van der Waals surface area contributed by atoms with Crippen molar-refractivity contribution < 1.29 is 4.79 Å². The number of carbonyl (C=O) groups is 1. The number of nitrogens with two attached hydrogens (primary N) is 1. The summed E-state index contributed by atoms with van der Waals surface area (Å²) in [7, 11) is 0. The summed E-state index contributed by atoms with van der Waals surface area (Å²) >= 11 is 0. The van der Waals surface area contributed by atoms with Crippen molar-refractivity contribution in [3.05, 3.63) is 11.1 Å². The van der Waals surface area contributed by atoms with Crippen LogP contribution < -0.4 is 5.73 Å². The molecule has 0 saturated heterocycles. The number of carbonyl (C=O) groups excluding carboxylic acids is 1. The standard InChI is InChI=1S/C6H8N2O/c1-4-2-8-3-5(4)6(7)9/h2H,3H2,1H3,(H2,7,9). The minimum absolute atomic E-state index is 0.356. The molecule has 0 saturated carbocycles. The van der Waals surface area contributed by atoms with Gasteiger partial charge < -0.3 is 5.73 Å². The maximum atomic E-state index is 10.5. The fraction of sp³-hybridized carbons (Fsp3) is 0.333. The van der Waals surface area contributed by atoms with Crippen molar-refractivity contribution in [2.24, 2.45) is 10.7 Å². The second kappa shape index (κ2) is 2.01. The third kappa shape index (κ3) is 0.988. The normalized spacial score (nSPS) is 17.0. The summed E-state index contributed by atoms with van der Waals surface area (Å²) in [5.74, 6) is -0.356. The second-order valence-corrected chi connectivity index (χ2v) is 2.00. The van der Waals surface area contributed by atoms with Crippen LogP contribution in [0.15, 0.2) is 16.1 Å². The lowest BCUT2D eigenvalue weighted by Crippen LogP contribution is -2.15. The lowest BCUT2D eigenvalue weighted by molar-refractivity contribution is -0.114. The third-order valence-electron chi connectivity index (χ3n) is 1.31. The molecule has 0 aromatic rings. The average molecular weight is 124 g/mol. The Morgan fingerprint density at radius 1 is 1.89 bits per heavy atom. The molecule has 0 spiro atoms. The molecule has 1 amide bonds.